The van der Waals surface area contributed by atoms with E-state index in [4.69, 9.17) is 19.2 Å². The second-order valence-corrected chi connectivity index (χ2v) is 8.75. The molecule has 0 saturated heterocycles. The number of fused-ring (bicyclic) bond motifs is 1. The molecule has 2 aromatic rings. The van der Waals surface area contributed by atoms with E-state index in [1.807, 2.05) is 24.3 Å². The molecule has 4 atom stereocenters. The Bertz CT molecular complexity index is 1220. The lowest BCUT2D eigenvalue weighted by atomic mass is 9.62. The molecule has 188 valence electrons. The number of carbonyl (C=O) groups is 3. The average Bonchev–Trinajstić information content (AvgIpc) is 2.88. The Labute approximate surface area is 210 Å². The summed E-state index contributed by atoms with van der Waals surface area (Å²) in [6.45, 7) is 5.51. The van der Waals surface area contributed by atoms with Crippen LogP contribution in [0.2, 0.25) is 0 Å². The van der Waals surface area contributed by atoms with E-state index in [1.54, 1.807) is 52.3 Å². The molecule has 1 aliphatic carbocycles. The van der Waals surface area contributed by atoms with Crippen molar-refractivity contribution in [1.29, 1.82) is 0 Å². The van der Waals surface area contributed by atoms with Crippen LogP contribution < -0.4 is 4.74 Å². The van der Waals surface area contributed by atoms with E-state index < -0.39 is 35.6 Å². The van der Waals surface area contributed by atoms with Crippen LogP contribution in [-0.4, -0.2) is 48.7 Å². The smallest absolute Gasteiger partial charge is 0.336 e. The molecule has 1 saturated carbocycles. The molecule has 0 bridgehead atoms. The zero-order valence-electron chi connectivity index (χ0n) is 20.9. The molecule has 0 N–H and O–H groups in total. The second-order valence-electron chi connectivity index (χ2n) is 8.75. The number of esters is 2. The van der Waals surface area contributed by atoms with Gasteiger partial charge in [0.1, 0.15) is 11.7 Å². The van der Waals surface area contributed by atoms with Crippen molar-refractivity contribution < 1.29 is 28.6 Å². The molecular formula is C28H30N2O6. The van der Waals surface area contributed by atoms with Gasteiger partial charge in [-0.1, -0.05) is 18.2 Å². The van der Waals surface area contributed by atoms with Crippen molar-refractivity contribution in [2.75, 3.05) is 20.3 Å². The summed E-state index contributed by atoms with van der Waals surface area (Å²) in [7, 11) is 1.57. The van der Waals surface area contributed by atoms with E-state index >= 15 is 0 Å². The lowest BCUT2D eigenvalue weighted by Gasteiger charge is -2.40. The summed E-state index contributed by atoms with van der Waals surface area (Å²) in [6.07, 6.45) is 1.97. The molecule has 1 unspecified atom stereocenters. The number of pyridine rings is 1. The predicted molar refractivity (Wildman–Crippen MR) is 133 cm³/mol. The number of ketones is 1. The Morgan fingerprint density at radius 1 is 1.03 bits per heavy atom. The number of benzene rings is 1. The minimum absolute atomic E-state index is 0.149. The van der Waals surface area contributed by atoms with E-state index in [0.717, 1.165) is 5.56 Å². The quantitative estimate of drug-likeness (QED) is 0.426. The van der Waals surface area contributed by atoms with E-state index in [2.05, 4.69) is 4.98 Å². The first-order valence-corrected chi connectivity index (χ1v) is 12.1. The molecule has 1 aromatic carbocycles. The second kappa shape index (κ2) is 10.8. The number of methoxy groups -OCH3 is 1. The van der Waals surface area contributed by atoms with Gasteiger partial charge in [-0.2, -0.15) is 0 Å². The fraction of sp³-hybridized carbons (Fsp3) is 0.393. The fourth-order valence-corrected chi connectivity index (χ4v) is 5.22. The first kappa shape index (κ1) is 25.3. The summed E-state index contributed by atoms with van der Waals surface area (Å²) in [4.78, 5) is 49.7. The maximum absolute atomic E-state index is 14.2. The zero-order chi connectivity index (χ0) is 25.8. The van der Waals surface area contributed by atoms with Crippen LogP contribution in [0.25, 0.3) is 0 Å². The molecule has 1 aromatic heterocycles. The maximum Gasteiger partial charge on any atom is 0.336 e. The molecule has 8 heteroatoms. The molecule has 8 nitrogen and oxygen atoms in total. The van der Waals surface area contributed by atoms with Gasteiger partial charge in [0.05, 0.1) is 37.7 Å². The van der Waals surface area contributed by atoms with Gasteiger partial charge in [0.15, 0.2) is 5.78 Å². The molecule has 0 radical (unpaired) electrons. The summed E-state index contributed by atoms with van der Waals surface area (Å²) >= 11 is 0. The van der Waals surface area contributed by atoms with E-state index in [-0.39, 0.29) is 19.0 Å². The lowest BCUT2D eigenvalue weighted by Crippen LogP contribution is -2.49. The number of carbonyl (C=O) groups excluding carboxylic acids is 3. The molecule has 4 rings (SSSR count). The van der Waals surface area contributed by atoms with Crippen molar-refractivity contribution in [3.63, 3.8) is 0 Å². The number of ether oxygens (including phenoxy) is 3. The third kappa shape index (κ3) is 4.67. The van der Waals surface area contributed by atoms with Crippen LogP contribution in [0.15, 0.2) is 64.9 Å². The molecule has 0 spiro atoms. The van der Waals surface area contributed by atoms with Gasteiger partial charge < -0.3 is 14.2 Å². The molecule has 2 heterocycles. The Balaban J connectivity index is 1.88. The van der Waals surface area contributed by atoms with Crippen LogP contribution in [0.4, 0.5) is 0 Å². The monoisotopic (exact) mass is 490 g/mol. The van der Waals surface area contributed by atoms with Crippen LogP contribution in [0, 0.1) is 11.8 Å². The van der Waals surface area contributed by atoms with E-state index in [0.29, 0.717) is 34.8 Å². The van der Waals surface area contributed by atoms with Gasteiger partial charge in [-0.25, -0.2) is 4.79 Å². The molecule has 1 fully saturated rings. The van der Waals surface area contributed by atoms with Crippen LogP contribution >= 0.6 is 0 Å². The Hall–Kier alpha value is -3.81. The number of nitrogens with zero attached hydrogens (tertiary/aromatic N) is 2. The fourth-order valence-electron chi connectivity index (χ4n) is 5.22. The van der Waals surface area contributed by atoms with Crippen molar-refractivity contribution in [1.82, 2.24) is 4.98 Å². The van der Waals surface area contributed by atoms with Crippen LogP contribution in [-0.2, 0) is 23.9 Å². The van der Waals surface area contributed by atoms with Crippen molar-refractivity contribution in [3.05, 3.63) is 71.2 Å². The van der Waals surface area contributed by atoms with Gasteiger partial charge >= 0.3 is 11.9 Å². The van der Waals surface area contributed by atoms with Crippen molar-refractivity contribution >= 4 is 23.4 Å². The average molecular weight is 491 g/mol. The summed E-state index contributed by atoms with van der Waals surface area (Å²) in [5.74, 6) is -3.93. The Kier molecular flexibility index (Phi) is 7.62. The number of hydrogen-bond acceptors (Lipinski definition) is 8. The van der Waals surface area contributed by atoms with Crippen LogP contribution in [0.3, 0.4) is 0 Å². The number of aromatic nitrogens is 1. The van der Waals surface area contributed by atoms with Gasteiger partial charge in [-0.05, 0) is 57.0 Å². The summed E-state index contributed by atoms with van der Waals surface area (Å²) in [5.41, 5.74) is 2.74. The summed E-state index contributed by atoms with van der Waals surface area (Å²) < 4.78 is 16.1. The zero-order valence-corrected chi connectivity index (χ0v) is 20.9. The minimum atomic E-state index is -1.06. The molecule has 1 aliphatic heterocycles. The van der Waals surface area contributed by atoms with E-state index in [1.165, 1.54) is 0 Å². The summed E-state index contributed by atoms with van der Waals surface area (Å²) in [6, 6.07) is 12.7. The van der Waals surface area contributed by atoms with Crippen molar-refractivity contribution in [2.45, 2.75) is 39.0 Å². The van der Waals surface area contributed by atoms with Crippen molar-refractivity contribution in [2.24, 2.45) is 16.8 Å². The topological polar surface area (TPSA) is 104 Å². The summed E-state index contributed by atoms with van der Waals surface area (Å²) in [5, 5.41) is 0. The lowest BCUT2D eigenvalue weighted by molar-refractivity contribution is -0.153. The SMILES string of the molecule is CCOC(=O)C1=C(C)N=C2C[C@@H](c3cccc(OC)c3)[C@@H](C(=O)OCC)C(=O)C2[C@@H]1c1ccccn1. The Morgan fingerprint density at radius 2 is 1.81 bits per heavy atom. The number of hydrogen-bond donors (Lipinski definition) is 0. The van der Waals surface area contributed by atoms with E-state index in [9.17, 15) is 14.4 Å². The normalized spacial score (nSPS) is 23.4. The number of Topliss-reactive ketones (excluding diaryl/α,β-unsaturated/α-hetero) is 1. The molecule has 36 heavy (non-hydrogen) atoms. The van der Waals surface area contributed by atoms with Crippen LogP contribution in [0.1, 0.15) is 50.3 Å². The molecule has 0 amide bonds. The highest BCUT2D eigenvalue weighted by Gasteiger charge is 2.53. The third-order valence-corrected chi connectivity index (χ3v) is 6.71. The number of aliphatic imine (C=N–C) groups is 1. The highest BCUT2D eigenvalue weighted by Crippen LogP contribution is 2.48. The first-order valence-electron chi connectivity index (χ1n) is 12.1. The number of rotatable bonds is 7. The maximum atomic E-state index is 14.2. The highest BCUT2D eigenvalue weighted by atomic mass is 16.5. The predicted octanol–water partition coefficient (Wildman–Crippen LogP) is 4.02. The van der Waals surface area contributed by atoms with Gasteiger partial charge in [-0.15, -0.1) is 0 Å². The van der Waals surface area contributed by atoms with Crippen LogP contribution in [0.5, 0.6) is 5.75 Å². The molecule has 2 aliphatic rings. The van der Waals surface area contributed by atoms with Gasteiger partial charge in [0.2, 0.25) is 0 Å². The third-order valence-electron chi connectivity index (χ3n) is 6.71. The number of allylic oxidation sites excluding steroid dienone is 1. The highest BCUT2D eigenvalue weighted by molar-refractivity contribution is 6.17. The van der Waals surface area contributed by atoms with Gasteiger partial charge in [0, 0.05) is 29.2 Å². The van der Waals surface area contributed by atoms with Gasteiger partial charge in [0.25, 0.3) is 0 Å². The first-order chi connectivity index (χ1) is 17.4. The standard InChI is InChI=1S/C28H30N2O6/c1-5-35-27(32)22-16(3)30-21-15-19(17-10-9-11-18(14-17)34-4)23(28(33)36-6-2)26(31)25(21)24(22)20-12-7-8-13-29-20/h7-14,19,23-25H,5-6,15H2,1-4H3/t19-,23+,24+,25?/m0/s1. The largest absolute Gasteiger partial charge is 0.497 e. The van der Waals surface area contributed by atoms with Gasteiger partial charge in [-0.3, -0.25) is 19.6 Å². The Morgan fingerprint density at radius 3 is 2.47 bits per heavy atom. The van der Waals surface area contributed by atoms with Crippen molar-refractivity contribution in [3.8, 4) is 5.75 Å². The minimum Gasteiger partial charge on any atom is -0.497 e. The molecular weight excluding hydrogens is 460 g/mol.